The summed E-state index contributed by atoms with van der Waals surface area (Å²) in [6.45, 7) is 0. The normalized spacial score (nSPS) is 11.6. The van der Waals surface area contributed by atoms with Crippen LogP contribution in [-0.2, 0) is 9.59 Å². The lowest BCUT2D eigenvalue weighted by Gasteiger charge is -2.13. The average Bonchev–Trinajstić information content (AvgIpc) is 2.26. The molecular weight excluding hydrogens is 278 g/mol. The Balaban J connectivity index is 2.87. The Labute approximate surface area is 112 Å². The van der Waals surface area contributed by atoms with E-state index < -0.39 is 36.1 Å². The van der Waals surface area contributed by atoms with Crippen molar-refractivity contribution in [2.24, 2.45) is 0 Å². The highest BCUT2D eigenvalue weighted by atomic mass is 35.5. The fourth-order valence-electron chi connectivity index (χ4n) is 1.31. The van der Waals surface area contributed by atoms with Gasteiger partial charge in [0, 0.05) is 5.02 Å². The van der Waals surface area contributed by atoms with Crippen molar-refractivity contribution in [2.75, 3.05) is 0 Å². The van der Waals surface area contributed by atoms with Gasteiger partial charge in [-0.25, -0.2) is 4.79 Å². The number of carboxylic acid groups (broad SMARTS) is 2. The summed E-state index contributed by atoms with van der Waals surface area (Å²) in [4.78, 5) is 32.9. The lowest BCUT2D eigenvalue weighted by Crippen LogP contribution is -2.42. The number of halogens is 1. The van der Waals surface area contributed by atoms with Gasteiger partial charge >= 0.3 is 11.9 Å². The van der Waals surface area contributed by atoms with E-state index in [9.17, 15) is 19.5 Å². The van der Waals surface area contributed by atoms with Crippen LogP contribution in [0.4, 0.5) is 0 Å². The minimum atomic E-state index is -1.58. The van der Waals surface area contributed by atoms with Gasteiger partial charge in [0.1, 0.15) is 11.8 Å². The van der Waals surface area contributed by atoms with Crippen molar-refractivity contribution in [1.29, 1.82) is 0 Å². The zero-order valence-corrected chi connectivity index (χ0v) is 10.2. The second kappa shape index (κ2) is 6.05. The van der Waals surface area contributed by atoms with E-state index in [-0.39, 0.29) is 10.6 Å². The highest BCUT2D eigenvalue weighted by molar-refractivity contribution is 6.30. The summed E-state index contributed by atoms with van der Waals surface area (Å²) >= 11 is 5.58. The van der Waals surface area contributed by atoms with Gasteiger partial charge in [-0.15, -0.1) is 0 Å². The zero-order chi connectivity index (χ0) is 14.6. The maximum Gasteiger partial charge on any atom is 0.326 e. The van der Waals surface area contributed by atoms with Gasteiger partial charge in [0.05, 0.1) is 12.0 Å². The first-order valence-electron chi connectivity index (χ1n) is 5.05. The smallest absolute Gasteiger partial charge is 0.326 e. The second-order valence-corrected chi connectivity index (χ2v) is 4.06. The summed E-state index contributed by atoms with van der Waals surface area (Å²) in [5.41, 5.74) is -0.193. The van der Waals surface area contributed by atoms with E-state index in [2.05, 4.69) is 0 Å². The number of rotatable bonds is 5. The largest absolute Gasteiger partial charge is 0.507 e. The fraction of sp³-hybridized carbons (Fsp3) is 0.182. The Bertz CT molecular complexity index is 530. The number of hydrogen-bond acceptors (Lipinski definition) is 4. The molecule has 1 aromatic carbocycles. The van der Waals surface area contributed by atoms with Gasteiger partial charge in [-0.2, -0.15) is 0 Å². The highest BCUT2D eigenvalue weighted by Crippen LogP contribution is 2.21. The number of nitrogens with one attached hydrogen (secondary N) is 1. The van der Waals surface area contributed by atoms with Gasteiger partial charge in [-0.3, -0.25) is 9.59 Å². The topological polar surface area (TPSA) is 124 Å². The lowest BCUT2D eigenvalue weighted by molar-refractivity contribution is -0.145. The molecular formula is C11H10ClNO6. The van der Waals surface area contributed by atoms with Crippen molar-refractivity contribution in [3.8, 4) is 5.75 Å². The molecule has 4 N–H and O–H groups in total. The third-order valence-corrected chi connectivity index (χ3v) is 2.42. The fourth-order valence-corrected chi connectivity index (χ4v) is 1.47. The van der Waals surface area contributed by atoms with Crippen molar-refractivity contribution in [2.45, 2.75) is 12.5 Å². The summed E-state index contributed by atoms with van der Waals surface area (Å²) < 4.78 is 0. The number of aromatic hydroxyl groups is 1. The van der Waals surface area contributed by atoms with Gasteiger partial charge in [0.15, 0.2) is 0 Å². The third kappa shape index (κ3) is 4.14. The number of phenols is 1. The van der Waals surface area contributed by atoms with Crippen LogP contribution in [0.15, 0.2) is 18.2 Å². The zero-order valence-electron chi connectivity index (χ0n) is 9.46. The molecule has 1 atom stereocenters. The maximum absolute atomic E-state index is 11.7. The minimum absolute atomic E-state index is 0.193. The first-order chi connectivity index (χ1) is 8.81. The highest BCUT2D eigenvalue weighted by Gasteiger charge is 2.24. The molecule has 1 aromatic rings. The van der Waals surface area contributed by atoms with Crippen LogP contribution in [0.25, 0.3) is 0 Å². The summed E-state index contributed by atoms with van der Waals surface area (Å²) in [5.74, 6) is -4.18. The molecule has 0 aliphatic heterocycles. The molecule has 0 saturated heterocycles. The van der Waals surface area contributed by atoms with E-state index in [1.807, 2.05) is 5.32 Å². The number of amides is 1. The van der Waals surface area contributed by atoms with E-state index in [4.69, 9.17) is 21.8 Å². The van der Waals surface area contributed by atoms with Crippen LogP contribution < -0.4 is 5.32 Å². The van der Waals surface area contributed by atoms with Crippen LogP contribution in [0.5, 0.6) is 5.75 Å². The molecule has 1 amide bonds. The molecule has 0 unspecified atom stereocenters. The Kier molecular flexibility index (Phi) is 4.71. The molecule has 19 heavy (non-hydrogen) atoms. The summed E-state index contributed by atoms with van der Waals surface area (Å²) in [7, 11) is 0. The molecule has 0 aromatic heterocycles. The maximum atomic E-state index is 11.7. The van der Waals surface area contributed by atoms with Gasteiger partial charge in [0.25, 0.3) is 5.91 Å². The molecule has 0 bridgehead atoms. The van der Waals surface area contributed by atoms with Crippen LogP contribution in [0, 0.1) is 0 Å². The van der Waals surface area contributed by atoms with Crippen molar-refractivity contribution in [3.05, 3.63) is 28.8 Å². The van der Waals surface area contributed by atoms with E-state index >= 15 is 0 Å². The molecule has 0 saturated carbocycles. The van der Waals surface area contributed by atoms with Gasteiger partial charge < -0.3 is 20.6 Å². The first kappa shape index (κ1) is 14.8. The Morgan fingerprint density at radius 1 is 1.26 bits per heavy atom. The van der Waals surface area contributed by atoms with Crippen LogP contribution in [-0.4, -0.2) is 39.2 Å². The van der Waals surface area contributed by atoms with E-state index in [0.717, 1.165) is 6.07 Å². The van der Waals surface area contributed by atoms with Crippen LogP contribution in [0.3, 0.4) is 0 Å². The number of benzene rings is 1. The second-order valence-electron chi connectivity index (χ2n) is 3.62. The van der Waals surface area contributed by atoms with Crippen LogP contribution in [0.1, 0.15) is 16.8 Å². The van der Waals surface area contributed by atoms with Gasteiger partial charge in [0.2, 0.25) is 0 Å². The van der Waals surface area contributed by atoms with E-state index in [1.54, 1.807) is 0 Å². The molecule has 1 rings (SSSR count). The van der Waals surface area contributed by atoms with Crippen molar-refractivity contribution in [3.63, 3.8) is 0 Å². The monoisotopic (exact) mass is 287 g/mol. The lowest BCUT2D eigenvalue weighted by atomic mass is 10.1. The molecule has 0 aliphatic rings. The first-order valence-corrected chi connectivity index (χ1v) is 5.43. The predicted octanol–water partition coefficient (Wildman–Crippen LogP) is 0.703. The summed E-state index contributed by atoms with van der Waals surface area (Å²) in [6.07, 6.45) is -0.768. The SMILES string of the molecule is O=C(O)C[C@H](NC(=O)c1ccc(Cl)cc1O)C(=O)O. The molecule has 7 nitrogen and oxygen atoms in total. The molecule has 102 valence electrons. The molecule has 0 heterocycles. The number of phenolic OH excluding ortho intramolecular Hbond substituents is 1. The third-order valence-electron chi connectivity index (χ3n) is 2.19. The van der Waals surface area contributed by atoms with Crippen molar-refractivity contribution < 1.29 is 29.7 Å². The number of carbonyl (C=O) groups excluding carboxylic acids is 1. The number of carboxylic acids is 2. The van der Waals surface area contributed by atoms with Crippen molar-refractivity contribution >= 4 is 29.4 Å². The molecule has 0 fully saturated rings. The number of aliphatic carboxylic acids is 2. The quantitative estimate of drug-likeness (QED) is 0.632. The predicted molar refractivity (Wildman–Crippen MR) is 64.3 cm³/mol. The average molecular weight is 288 g/mol. The Morgan fingerprint density at radius 3 is 2.37 bits per heavy atom. The molecule has 0 spiro atoms. The standard InChI is InChI=1S/C11H10ClNO6/c12-5-1-2-6(8(14)3-5)10(17)13-7(11(18)19)4-9(15)16/h1-3,7,14H,4H2,(H,13,17)(H,15,16)(H,18,19)/t7-/m0/s1. The van der Waals surface area contributed by atoms with Crippen LogP contribution >= 0.6 is 11.6 Å². The molecule has 0 aliphatic carbocycles. The van der Waals surface area contributed by atoms with E-state index in [0.29, 0.717) is 0 Å². The Hall–Kier alpha value is -2.28. The summed E-state index contributed by atoms with van der Waals surface area (Å²) in [5, 5.41) is 29.0. The number of hydrogen-bond donors (Lipinski definition) is 4. The molecule has 8 heteroatoms. The van der Waals surface area contributed by atoms with Crippen LogP contribution in [0.2, 0.25) is 5.02 Å². The molecule has 0 radical (unpaired) electrons. The minimum Gasteiger partial charge on any atom is -0.507 e. The summed E-state index contributed by atoms with van der Waals surface area (Å²) in [6, 6.07) is 2.07. The van der Waals surface area contributed by atoms with Crippen molar-refractivity contribution in [1.82, 2.24) is 5.32 Å². The van der Waals surface area contributed by atoms with Gasteiger partial charge in [-0.05, 0) is 18.2 Å². The number of carbonyl (C=O) groups is 3. The van der Waals surface area contributed by atoms with E-state index in [1.165, 1.54) is 12.1 Å². The Morgan fingerprint density at radius 2 is 1.89 bits per heavy atom. The van der Waals surface area contributed by atoms with Gasteiger partial charge in [-0.1, -0.05) is 11.6 Å².